The highest BCUT2D eigenvalue weighted by atomic mass is 15.0. The van der Waals surface area contributed by atoms with Crippen LogP contribution in [0.4, 0.5) is 0 Å². The van der Waals surface area contributed by atoms with E-state index < -0.39 is 0 Å². The van der Waals surface area contributed by atoms with Crippen LogP contribution in [0.25, 0.3) is 6.20 Å². The summed E-state index contributed by atoms with van der Waals surface area (Å²) in [4.78, 5) is 3.83. The van der Waals surface area contributed by atoms with Gasteiger partial charge in [-0.15, -0.1) is 0 Å². The van der Waals surface area contributed by atoms with Gasteiger partial charge in [0, 0.05) is 18.6 Å². The van der Waals surface area contributed by atoms with Crippen molar-refractivity contribution in [1.29, 1.82) is 5.26 Å². The third-order valence-corrected chi connectivity index (χ3v) is 1.01. The lowest BCUT2D eigenvalue weighted by Gasteiger charge is -1.85. The summed E-state index contributed by atoms with van der Waals surface area (Å²) in [5.41, 5.74) is 0. The summed E-state index contributed by atoms with van der Waals surface area (Å²) in [7, 11) is 0. The van der Waals surface area contributed by atoms with Crippen molar-refractivity contribution in [2.45, 2.75) is 6.42 Å². The van der Waals surface area contributed by atoms with Crippen LogP contribution < -0.4 is 0 Å². The standard InChI is InChI=1S/C7H7N3/c8-3-1-2-5-10-6-4-9-7-10/h2,4-7H,1H2. The minimum atomic E-state index is 0.443. The van der Waals surface area contributed by atoms with Gasteiger partial charge >= 0.3 is 0 Å². The molecule has 0 radical (unpaired) electrons. The fourth-order valence-corrected chi connectivity index (χ4v) is 0.585. The first-order valence-corrected chi connectivity index (χ1v) is 2.94. The van der Waals surface area contributed by atoms with E-state index in [0.717, 1.165) is 0 Å². The van der Waals surface area contributed by atoms with Crippen molar-refractivity contribution in [2.75, 3.05) is 0 Å². The van der Waals surface area contributed by atoms with Crippen molar-refractivity contribution in [3.05, 3.63) is 24.8 Å². The van der Waals surface area contributed by atoms with E-state index in [-0.39, 0.29) is 0 Å². The summed E-state index contributed by atoms with van der Waals surface area (Å²) in [6, 6.07) is 2.01. The van der Waals surface area contributed by atoms with E-state index in [2.05, 4.69) is 4.98 Å². The van der Waals surface area contributed by atoms with Gasteiger partial charge in [0.05, 0.1) is 18.8 Å². The molecule has 3 heteroatoms. The van der Waals surface area contributed by atoms with E-state index in [1.54, 1.807) is 29.4 Å². The molecule has 1 rings (SSSR count). The zero-order valence-corrected chi connectivity index (χ0v) is 5.44. The first-order chi connectivity index (χ1) is 4.93. The third-order valence-electron chi connectivity index (χ3n) is 1.01. The first kappa shape index (κ1) is 6.56. The molecule has 0 N–H and O–H groups in total. The molecule has 0 fully saturated rings. The Hall–Kier alpha value is -1.56. The third kappa shape index (κ3) is 1.75. The van der Waals surface area contributed by atoms with Crippen LogP contribution in [-0.4, -0.2) is 9.55 Å². The largest absolute Gasteiger partial charge is 0.313 e. The number of aromatic nitrogens is 2. The molecule has 0 aliphatic carbocycles. The maximum absolute atomic E-state index is 8.17. The molecule has 0 saturated heterocycles. The second-order valence-corrected chi connectivity index (χ2v) is 1.76. The van der Waals surface area contributed by atoms with Gasteiger partial charge in [0.15, 0.2) is 0 Å². The molecular formula is C7H7N3. The number of hydrogen-bond acceptors (Lipinski definition) is 2. The average molecular weight is 133 g/mol. The van der Waals surface area contributed by atoms with E-state index in [1.807, 2.05) is 12.3 Å². The highest BCUT2D eigenvalue weighted by Crippen LogP contribution is 1.88. The monoisotopic (exact) mass is 133 g/mol. The molecule has 3 nitrogen and oxygen atoms in total. The van der Waals surface area contributed by atoms with Crippen LogP contribution in [0.3, 0.4) is 0 Å². The number of rotatable bonds is 2. The fourth-order valence-electron chi connectivity index (χ4n) is 0.585. The molecule has 0 unspecified atom stereocenters. The summed E-state index contributed by atoms with van der Waals surface area (Å²) in [6.07, 6.45) is 9.20. The molecule has 0 amide bonds. The van der Waals surface area contributed by atoms with Crippen molar-refractivity contribution >= 4 is 6.20 Å². The second-order valence-electron chi connectivity index (χ2n) is 1.76. The molecule has 0 aliphatic rings. The van der Waals surface area contributed by atoms with Crippen LogP contribution in [0.1, 0.15) is 6.42 Å². The van der Waals surface area contributed by atoms with Gasteiger partial charge in [0.1, 0.15) is 0 Å². The Morgan fingerprint density at radius 1 is 1.70 bits per heavy atom. The first-order valence-electron chi connectivity index (χ1n) is 2.94. The molecule has 0 aromatic carbocycles. The molecule has 0 saturated carbocycles. The van der Waals surface area contributed by atoms with Crippen LogP contribution in [0.15, 0.2) is 24.8 Å². The van der Waals surface area contributed by atoms with Crippen molar-refractivity contribution in [3.8, 4) is 6.07 Å². The van der Waals surface area contributed by atoms with Gasteiger partial charge in [0.2, 0.25) is 0 Å². The molecule has 10 heavy (non-hydrogen) atoms. The van der Waals surface area contributed by atoms with Crippen LogP contribution in [0.2, 0.25) is 0 Å². The molecular weight excluding hydrogens is 126 g/mol. The smallest absolute Gasteiger partial charge is 0.0986 e. The number of imidazole rings is 1. The van der Waals surface area contributed by atoms with Crippen LogP contribution in [-0.2, 0) is 0 Å². The SMILES string of the molecule is N#CCC=Cn1ccnc1. The maximum Gasteiger partial charge on any atom is 0.0986 e. The molecule has 1 aromatic rings. The predicted molar refractivity (Wildman–Crippen MR) is 37.8 cm³/mol. The lowest BCUT2D eigenvalue weighted by molar-refractivity contribution is 1.13. The van der Waals surface area contributed by atoms with Crippen LogP contribution in [0.5, 0.6) is 0 Å². The van der Waals surface area contributed by atoms with E-state index in [9.17, 15) is 0 Å². The number of nitriles is 1. The fraction of sp³-hybridized carbons (Fsp3) is 0.143. The predicted octanol–water partition coefficient (Wildman–Crippen LogP) is 1.27. The minimum absolute atomic E-state index is 0.443. The lowest BCUT2D eigenvalue weighted by Crippen LogP contribution is -1.76. The lowest BCUT2D eigenvalue weighted by atomic mass is 10.4. The Kier molecular flexibility index (Phi) is 2.27. The molecule has 0 atom stereocenters. The number of hydrogen-bond donors (Lipinski definition) is 0. The van der Waals surface area contributed by atoms with Gasteiger partial charge < -0.3 is 4.57 Å². The summed E-state index contributed by atoms with van der Waals surface area (Å²) >= 11 is 0. The quantitative estimate of drug-likeness (QED) is 0.609. The van der Waals surface area contributed by atoms with Crippen LogP contribution >= 0.6 is 0 Å². The van der Waals surface area contributed by atoms with Gasteiger partial charge in [-0.1, -0.05) is 6.08 Å². The highest BCUT2D eigenvalue weighted by Gasteiger charge is 1.78. The molecule has 50 valence electrons. The molecule has 0 spiro atoms. The van der Waals surface area contributed by atoms with Gasteiger partial charge in [0.25, 0.3) is 0 Å². The molecule has 0 bridgehead atoms. The van der Waals surface area contributed by atoms with E-state index in [4.69, 9.17) is 5.26 Å². The molecule has 1 heterocycles. The second kappa shape index (κ2) is 3.46. The van der Waals surface area contributed by atoms with Crippen LogP contribution in [0, 0.1) is 11.3 Å². The number of nitrogens with zero attached hydrogens (tertiary/aromatic N) is 3. The highest BCUT2D eigenvalue weighted by molar-refractivity contribution is 5.22. The normalized spacial score (nSPS) is 9.90. The van der Waals surface area contributed by atoms with Gasteiger partial charge in [-0.25, -0.2) is 4.98 Å². The molecule has 0 aliphatic heterocycles. The van der Waals surface area contributed by atoms with E-state index in [1.165, 1.54) is 0 Å². The zero-order chi connectivity index (χ0) is 7.23. The summed E-state index contributed by atoms with van der Waals surface area (Å²) < 4.78 is 1.79. The summed E-state index contributed by atoms with van der Waals surface area (Å²) in [5.74, 6) is 0. The van der Waals surface area contributed by atoms with E-state index in [0.29, 0.717) is 6.42 Å². The Morgan fingerprint density at radius 3 is 3.20 bits per heavy atom. The van der Waals surface area contributed by atoms with Crippen molar-refractivity contribution in [2.24, 2.45) is 0 Å². The minimum Gasteiger partial charge on any atom is -0.313 e. The Balaban J connectivity index is 2.49. The Bertz CT molecular complexity index is 240. The van der Waals surface area contributed by atoms with Gasteiger partial charge in [-0.3, -0.25) is 0 Å². The average Bonchev–Trinajstić information content (AvgIpc) is 2.41. The van der Waals surface area contributed by atoms with E-state index >= 15 is 0 Å². The number of allylic oxidation sites excluding steroid dienone is 1. The molecule has 1 aromatic heterocycles. The van der Waals surface area contributed by atoms with Gasteiger partial charge in [-0.05, 0) is 0 Å². The zero-order valence-electron chi connectivity index (χ0n) is 5.44. The van der Waals surface area contributed by atoms with Gasteiger partial charge in [-0.2, -0.15) is 5.26 Å². The Labute approximate surface area is 59.2 Å². The topological polar surface area (TPSA) is 41.6 Å². The Morgan fingerprint density at radius 2 is 2.60 bits per heavy atom. The maximum atomic E-state index is 8.17. The summed E-state index contributed by atoms with van der Waals surface area (Å²) in [6.45, 7) is 0. The van der Waals surface area contributed by atoms with Crippen molar-refractivity contribution in [3.63, 3.8) is 0 Å². The summed E-state index contributed by atoms with van der Waals surface area (Å²) in [5, 5.41) is 8.17. The van der Waals surface area contributed by atoms with Crippen molar-refractivity contribution < 1.29 is 0 Å². The van der Waals surface area contributed by atoms with Crippen molar-refractivity contribution in [1.82, 2.24) is 9.55 Å².